The highest BCUT2D eigenvalue weighted by atomic mass is 32.2. The molecule has 19 heavy (non-hydrogen) atoms. The second-order valence-corrected chi connectivity index (χ2v) is 7.50. The average molecular weight is 282 g/mol. The molecule has 1 N–H and O–H groups in total. The van der Waals surface area contributed by atoms with Crippen LogP contribution >= 0.6 is 11.8 Å². The van der Waals surface area contributed by atoms with E-state index in [-0.39, 0.29) is 0 Å². The van der Waals surface area contributed by atoms with Crippen LogP contribution in [0.15, 0.2) is 11.5 Å². The molecule has 0 aromatic carbocycles. The molecule has 108 valence electrons. The van der Waals surface area contributed by atoms with E-state index < -0.39 is 0 Å². The van der Waals surface area contributed by atoms with Gasteiger partial charge in [-0.15, -0.1) is 0 Å². The maximum atomic E-state index is 4.36. The monoisotopic (exact) mass is 282 g/mol. The molecule has 1 heterocycles. The van der Waals surface area contributed by atoms with Crippen LogP contribution in [0.1, 0.15) is 46.5 Å². The van der Waals surface area contributed by atoms with Crippen LogP contribution in [-0.4, -0.2) is 32.6 Å². The lowest BCUT2D eigenvalue weighted by atomic mass is 9.75. The van der Waals surface area contributed by atoms with E-state index in [2.05, 4.69) is 36.2 Å². The third-order valence-electron chi connectivity index (χ3n) is 3.92. The number of nitrogens with one attached hydrogen (secondary N) is 1. The van der Waals surface area contributed by atoms with Crippen molar-refractivity contribution in [2.45, 2.75) is 62.9 Å². The van der Waals surface area contributed by atoms with Gasteiger partial charge in [-0.3, -0.25) is 0 Å². The van der Waals surface area contributed by atoms with E-state index in [4.69, 9.17) is 0 Å². The average Bonchev–Trinajstić information content (AvgIpc) is 2.73. The maximum absolute atomic E-state index is 4.36. The van der Waals surface area contributed by atoms with Gasteiger partial charge in [-0.1, -0.05) is 32.5 Å². The molecule has 4 nitrogen and oxygen atoms in total. The Kier molecular flexibility index (Phi) is 4.90. The fourth-order valence-electron chi connectivity index (χ4n) is 2.74. The Labute approximate surface area is 120 Å². The Morgan fingerprint density at radius 3 is 2.95 bits per heavy atom. The summed E-state index contributed by atoms with van der Waals surface area (Å²) in [7, 11) is 1.97. The second-order valence-electron chi connectivity index (χ2n) is 6.29. The highest BCUT2D eigenvalue weighted by molar-refractivity contribution is 7.99. The Bertz CT molecular complexity index is 402. The quantitative estimate of drug-likeness (QED) is 0.902. The van der Waals surface area contributed by atoms with Gasteiger partial charge in [0.25, 0.3) is 0 Å². The molecular formula is C14H26N4S. The molecular weight excluding hydrogens is 256 g/mol. The largest absolute Gasteiger partial charge is 0.313 e. The van der Waals surface area contributed by atoms with Gasteiger partial charge in [-0.25, -0.2) is 9.67 Å². The minimum absolute atomic E-state index is 0.445. The zero-order valence-corrected chi connectivity index (χ0v) is 13.3. The van der Waals surface area contributed by atoms with Crippen molar-refractivity contribution in [3.63, 3.8) is 0 Å². The highest BCUT2D eigenvalue weighted by Gasteiger charge is 2.35. The van der Waals surface area contributed by atoms with E-state index in [1.54, 1.807) is 6.33 Å². The van der Waals surface area contributed by atoms with E-state index in [0.29, 0.717) is 16.7 Å². The smallest absolute Gasteiger partial charge is 0.186 e. The highest BCUT2D eigenvalue weighted by Crippen LogP contribution is 2.42. The first-order valence-electron chi connectivity index (χ1n) is 7.26. The van der Waals surface area contributed by atoms with Crippen molar-refractivity contribution in [2.75, 3.05) is 6.54 Å². The fraction of sp³-hybridized carbons (Fsp3) is 0.857. The summed E-state index contributed by atoms with van der Waals surface area (Å²) in [5.41, 5.74) is 0.445. The van der Waals surface area contributed by atoms with Gasteiger partial charge in [0.2, 0.25) is 0 Å². The standard InChI is InChI=1S/C14H26N4S/c1-5-8-15-11-6-7-14(2,3)9-12(11)19-13-16-10-17-18(13)4/h10-12,15H,5-9H2,1-4H3. The Morgan fingerprint density at radius 2 is 2.32 bits per heavy atom. The molecule has 0 radical (unpaired) electrons. The summed E-state index contributed by atoms with van der Waals surface area (Å²) in [6.45, 7) is 8.10. The molecule has 1 fully saturated rings. The first-order valence-corrected chi connectivity index (χ1v) is 8.14. The molecule has 0 spiro atoms. The van der Waals surface area contributed by atoms with Crippen LogP contribution in [0.4, 0.5) is 0 Å². The van der Waals surface area contributed by atoms with Crippen LogP contribution in [-0.2, 0) is 7.05 Å². The number of aromatic nitrogens is 3. The molecule has 0 bridgehead atoms. The third-order valence-corrected chi connectivity index (χ3v) is 5.30. The van der Waals surface area contributed by atoms with E-state index in [0.717, 1.165) is 11.7 Å². The predicted molar refractivity (Wildman–Crippen MR) is 80.4 cm³/mol. The predicted octanol–water partition coefficient (Wildman–Crippen LogP) is 2.85. The molecule has 5 heteroatoms. The Hall–Kier alpha value is -0.550. The topological polar surface area (TPSA) is 42.7 Å². The minimum atomic E-state index is 0.445. The number of hydrogen-bond donors (Lipinski definition) is 1. The fourth-order valence-corrected chi connectivity index (χ4v) is 4.25. The van der Waals surface area contributed by atoms with Gasteiger partial charge >= 0.3 is 0 Å². The van der Waals surface area contributed by atoms with Crippen LogP contribution in [0.3, 0.4) is 0 Å². The van der Waals surface area contributed by atoms with Gasteiger partial charge in [0.05, 0.1) is 0 Å². The van der Waals surface area contributed by atoms with Crippen molar-refractivity contribution in [3.8, 4) is 0 Å². The summed E-state index contributed by atoms with van der Waals surface area (Å²) in [4.78, 5) is 4.36. The Morgan fingerprint density at radius 1 is 1.53 bits per heavy atom. The molecule has 0 amide bonds. The van der Waals surface area contributed by atoms with Crippen molar-refractivity contribution in [3.05, 3.63) is 6.33 Å². The first-order chi connectivity index (χ1) is 9.02. The third kappa shape index (κ3) is 3.96. The lowest BCUT2D eigenvalue weighted by Crippen LogP contribution is -2.45. The van der Waals surface area contributed by atoms with Gasteiger partial charge in [0, 0.05) is 18.3 Å². The summed E-state index contributed by atoms with van der Waals surface area (Å²) < 4.78 is 1.88. The van der Waals surface area contributed by atoms with Crippen LogP contribution in [0.25, 0.3) is 0 Å². The summed E-state index contributed by atoms with van der Waals surface area (Å²) in [6.07, 6.45) is 6.66. The van der Waals surface area contributed by atoms with Crippen LogP contribution in [0, 0.1) is 5.41 Å². The molecule has 2 atom stereocenters. The lowest BCUT2D eigenvalue weighted by Gasteiger charge is -2.40. The van der Waals surface area contributed by atoms with Crippen molar-refractivity contribution in [2.24, 2.45) is 12.5 Å². The van der Waals surface area contributed by atoms with Gasteiger partial charge in [-0.05, 0) is 37.6 Å². The number of thioether (sulfide) groups is 1. The zero-order valence-electron chi connectivity index (χ0n) is 12.5. The number of nitrogens with zero attached hydrogens (tertiary/aromatic N) is 3. The van der Waals surface area contributed by atoms with Crippen molar-refractivity contribution >= 4 is 11.8 Å². The summed E-state index contributed by atoms with van der Waals surface area (Å²) in [5.74, 6) is 0. The van der Waals surface area contributed by atoms with Crippen molar-refractivity contribution < 1.29 is 0 Å². The summed E-state index contributed by atoms with van der Waals surface area (Å²) >= 11 is 1.89. The molecule has 0 aliphatic heterocycles. The van der Waals surface area contributed by atoms with E-state index in [1.165, 1.54) is 25.7 Å². The van der Waals surface area contributed by atoms with Crippen molar-refractivity contribution in [1.29, 1.82) is 0 Å². The molecule has 1 saturated carbocycles. The molecule has 1 aliphatic carbocycles. The molecule has 1 aromatic rings. The summed E-state index contributed by atoms with van der Waals surface area (Å²) in [6, 6.07) is 0.606. The number of hydrogen-bond acceptors (Lipinski definition) is 4. The molecule has 2 rings (SSSR count). The van der Waals surface area contributed by atoms with Gasteiger partial charge in [0.1, 0.15) is 6.33 Å². The molecule has 2 unspecified atom stereocenters. The maximum Gasteiger partial charge on any atom is 0.186 e. The SMILES string of the molecule is CCCNC1CCC(C)(C)CC1Sc1ncnn1C. The van der Waals surface area contributed by atoms with Crippen molar-refractivity contribution in [1.82, 2.24) is 20.1 Å². The summed E-state index contributed by atoms with van der Waals surface area (Å²) in [5, 5.41) is 9.51. The minimum Gasteiger partial charge on any atom is -0.313 e. The zero-order chi connectivity index (χ0) is 13.9. The van der Waals surface area contributed by atoms with Crippen LogP contribution in [0.5, 0.6) is 0 Å². The molecule has 0 saturated heterocycles. The van der Waals surface area contributed by atoms with Gasteiger partial charge in [0.15, 0.2) is 5.16 Å². The van der Waals surface area contributed by atoms with E-state index in [1.807, 2.05) is 23.5 Å². The van der Waals surface area contributed by atoms with Crippen LogP contribution in [0.2, 0.25) is 0 Å². The number of rotatable bonds is 5. The van der Waals surface area contributed by atoms with Crippen LogP contribution < -0.4 is 5.32 Å². The van der Waals surface area contributed by atoms with Gasteiger partial charge < -0.3 is 5.32 Å². The lowest BCUT2D eigenvalue weighted by molar-refractivity contribution is 0.214. The van der Waals surface area contributed by atoms with E-state index in [9.17, 15) is 0 Å². The first kappa shape index (κ1) is 14.9. The Balaban J connectivity index is 2.04. The number of aryl methyl sites for hydroxylation is 1. The second kappa shape index (κ2) is 6.27. The molecule has 1 aliphatic rings. The van der Waals surface area contributed by atoms with E-state index >= 15 is 0 Å². The molecule has 1 aromatic heterocycles. The van der Waals surface area contributed by atoms with Gasteiger partial charge in [-0.2, -0.15) is 5.10 Å². The normalized spacial score (nSPS) is 26.5.